The lowest BCUT2D eigenvalue weighted by atomic mass is 10.2. The molecule has 0 aliphatic rings. The summed E-state index contributed by atoms with van der Waals surface area (Å²) in [5.74, 6) is -0.243. The van der Waals surface area contributed by atoms with Gasteiger partial charge in [-0.3, -0.25) is 4.79 Å². The smallest absolute Gasteiger partial charge is 0.319 e. The van der Waals surface area contributed by atoms with Crippen molar-refractivity contribution in [2.75, 3.05) is 6.61 Å². The van der Waals surface area contributed by atoms with Gasteiger partial charge in [-0.25, -0.2) is 0 Å². The molecular formula is C12H13BrO2. The van der Waals surface area contributed by atoms with E-state index in [1.165, 1.54) is 0 Å². The molecule has 0 amide bonds. The van der Waals surface area contributed by atoms with Crippen molar-refractivity contribution in [3.8, 4) is 0 Å². The molecule has 2 nitrogen and oxygen atoms in total. The Hall–Kier alpha value is -1.09. The molecule has 0 heterocycles. The van der Waals surface area contributed by atoms with Crippen molar-refractivity contribution in [3.63, 3.8) is 0 Å². The fraction of sp³-hybridized carbons (Fsp3) is 0.250. The minimum absolute atomic E-state index is 0.243. The van der Waals surface area contributed by atoms with Crippen LogP contribution >= 0.6 is 15.9 Å². The summed E-state index contributed by atoms with van der Waals surface area (Å²) in [7, 11) is 0. The Morgan fingerprint density at radius 3 is 2.73 bits per heavy atom. The minimum atomic E-state index is -0.248. The SMILES string of the molecule is CC(Br)C(=O)OC/C=C/c1ccccc1. The lowest BCUT2D eigenvalue weighted by molar-refractivity contribution is -0.141. The Balaban J connectivity index is 2.32. The molecule has 0 aliphatic carbocycles. The molecule has 0 bridgehead atoms. The highest BCUT2D eigenvalue weighted by molar-refractivity contribution is 9.10. The number of hydrogen-bond acceptors (Lipinski definition) is 2. The van der Waals surface area contributed by atoms with E-state index in [0.29, 0.717) is 6.61 Å². The van der Waals surface area contributed by atoms with Gasteiger partial charge in [-0.2, -0.15) is 0 Å². The largest absolute Gasteiger partial charge is 0.461 e. The molecule has 0 fully saturated rings. The molecule has 1 unspecified atom stereocenters. The number of halogens is 1. The van der Waals surface area contributed by atoms with Crippen LogP contribution in [0.1, 0.15) is 12.5 Å². The van der Waals surface area contributed by atoms with E-state index in [4.69, 9.17) is 4.74 Å². The summed E-state index contributed by atoms with van der Waals surface area (Å²) >= 11 is 3.14. The molecule has 1 rings (SSSR count). The third-order valence-corrected chi connectivity index (χ3v) is 2.13. The van der Waals surface area contributed by atoms with Gasteiger partial charge in [-0.1, -0.05) is 52.3 Å². The maximum atomic E-state index is 11.1. The number of rotatable bonds is 4. The third kappa shape index (κ3) is 4.79. The zero-order chi connectivity index (χ0) is 11.1. The van der Waals surface area contributed by atoms with Gasteiger partial charge in [0, 0.05) is 0 Å². The minimum Gasteiger partial charge on any atom is -0.461 e. The van der Waals surface area contributed by atoms with Gasteiger partial charge in [-0.15, -0.1) is 0 Å². The highest BCUT2D eigenvalue weighted by Gasteiger charge is 2.07. The average molecular weight is 269 g/mol. The van der Waals surface area contributed by atoms with Crippen LogP contribution in [-0.4, -0.2) is 17.4 Å². The number of ether oxygens (including phenoxy) is 1. The first-order valence-corrected chi connectivity index (χ1v) is 5.64. The van der Waals surface area contributed by atoms with E-state index in [0.717, 1.165) is 5.56 Å². The van der Waals surface area contributed by atoms with Crippen LogP contribution in [0.5, 0.6) is 0 Å². The summed E-state index contributed by atoms with van der Waals surface area (Å²) in [6, 6.07) is 9.87. The summed E-state index contributed by atoms with van der Waals surface area (Å²) in [6.45, 7) is 2.05. The van der Waals surface area contributed by atoms with Crippen LogP contribution in [0, 0.1) is 0 Å². The van der Waals surface area contributed by atoms with Crippen molar-refractivity contribution in [1.29, 1.82) is 0 Å². The summed E-state index contributed by atoms with van der Waals surface area (Å²) in [6.07, 6.45) is 3.74. The number of carbonyl (C=O) groups excluding carboxylic acids is 1. The summed E-state index contributed by atoms with van der Waals surface area (Å²) < 4.78 is 4.95. The topological polar surface area (TPSA) is 26.3 Å². The van der Waals surface area contributed by atoms with Gasteiger partial charge in [0.05, 0.1) is 0 Å². The van der Waals surface area contributed by atoms with Crippen LogP contribution in [-0.2, 0) is 9.53 Å². The number of hydrogen-bond donors (Lipinski definition) is 0. The van der Waals surface area contributed by atoms with Gasteiger partial charge in [0.2, 0.25) is 0 Å². The van der Waals surface area contributed by atoms with Gasteiger partial charge in [0.1, 0.15) is 11.4 Å². The van der Waals surface area contributed by atoms with E-state index in [-0.39, 0.29) is 10.8 Å². The van der Waals surface area contributed by atoms with Crippen LogP contribution < -0.4 is 0 Å². The van der Waals surface area contributed by atoms with Crippen molar-refractivity contribution < 1.29 is 9.53 Å². The Morgan fingerprint density at radius 1 is 1.47 bits per heavy atom. The standard InChI is InChI=1S/C12H13BrO2/c1-10(13)12(14)15-9-5-8-11-6-3-2-4-7-11/h2-8,10H,9H2,1H3/b8-5+. The van der Waals surface area contributed by atoms with E-state index in [2.05, 4.69) is 15.9 Å². The first-order valence-electron chi connectivity index (χ1n) is 4.72. The van der Waals surface area contributed by atoms with E-state index in [1.54, 1.807) is 6.92 Å². The molecule has 0 N–H and O–H groups in total. The summed E-state index contributed by atoms with van der Waals surface area (Å²) in [5.41, 5.74) is 1.10. The maximum Gasteiger partial charge on any atom is 0.319 e. The van der Waals surface area contributed by atoms with Crippen molar-refractivity contribution in [2.24, 2.45) is 0 Å². The molecule has 0 saturated heterocycles. The van der Waals surface area contributed by atoms with E-state index < -0.39 is 0 Å². The van der Waals surface area contributed by atoms with E-state index in [9.17, 15) is 4.79 Å². The second kappa shape index (κ2) is 6.40. The lowest BCUT2D eigenvalue weighted by Gasteiger charge is -2.02. The predicted molar refractivity (Wildman–Crippen MR) is 64.8 cm³/mol. The third-order valence-electron chi connectivity index (χ3n) is 1.76. The molecular weight excluding hydrogens is 256 g/mol. The number of alkyl halides is 1. The van der Waals surface area contributed by atoms with Crippen LogP contribution in [0.4, 0.5) is 0 Å². The fourth-order valence-corrected chi connectivity index (χ4v) is 1.13. The maximum absolute atomic E-state index is 11.1. The van der Waals surface area contributed by atoms with Crippen molar-refractivity contribution in [1.82, 2.24) is 0 Å². The van der Waals surface area contributed by atoms with Gasteiger partial charge < -0.3 is 4.74 Å². The quantitative estimate of drug-likeness (QED) is 0.620. The fourth-order valence-electron chi connectivity index (χ4n) is 0.993. The molecule has 0 spiro atoms. The normalized spacial score (nSPS) is 12.7. The molecule has 0 aromatic heterocycles. The van der Waals surface area contributed by atoms with Crippen molar-refractivity contribution in [2.45, 2.75) is 11.8 Å². The van der Waals surface area contributed by atoms with Crippen LogP contribution in [0.15, 0.2) is 36.4 Å². The lowest BCUT2D eigenvalue weighted by Crippen LogP contribution is -2.13. The van der Waals surface area contributed by atoms with E-state index in [1.807, 2.05) is 42.5 Å². The number of benzene rings is 1. The molecule has 0 radical (unpaired) electrons. The molecule has 0 aliphatic heterocycles. The highest BCUT2D eigenvalue weighted by Crippen LogP contribution is 2.02. The summed E-state index contributed by atoms with van der Waals surface area (Å²) in [5, 5.41) is 0. The van der Waals surface area contributed by atoms with Crippen molar-refractivity contribution >= 4 is 28.0 Å². The van der Waals surface area contributed by atoms with Gasteiger partial charge in [-0.05, 0) is 18.6 Å². The number of carbonyl (C=O) groups is 1. The van der Waals surface area contributed by atoms with Gasteiger partial charge >= 0.3 is 5.97 Å². The van der Waals surface area contributed by atoms with Crippen molar-refractivity contribution in [3.05, 3.63) is 42.0 Å². The van der Waals surface area contributed by atoms with Crippen LogP contribution in [0.2, 0.25) is 0 Å². The van der Waals surface area contributed by atoms with Crippen LogP contribution in [0.3, 0.4) is 0 Å². The Kier molecular flexibility index (Phi) is 5.12. The molecule has 1 aromatic rings. The highest BCUT2D eigenvalue weighted by atomic mass is 79.9. The molecule has 1 aromatic carbocycles. The molecule has 0 saturated carbocycles. The second-order valence-electron chi connectivity index (χ2n) is 3.06. The Bertz CT molecular complexity index is 331. The monoisotopic (exact) mass is 268 g/mol. The Labute approximate surface area is 98.1 Å². The molecule has 80 valence electrons. The van der Waals surface area contributed by atoms with Gasteiger partial charge in [0.15, 0.2) is 0 Å². The molecule has 1 atom stereocenters. The van der Waals surface area contributed by atoms with E-state index >= 15 is 0 Å². The first kappa shape index (κ1) is 12.0. The average Bonchev–Trinajstić information content (AvgIpc) is 2.25. The predicted octanol–water partition coefficient (Wildman–Crippen LogP) is 3.03. The zero-order valence-electron chi connectivity index (χ0n) is 8.52. The number of esters is 1. The second-order valence-corrected chi connectivity index (χ2v) is 4.43. The zero-order valence-corrected chi connectivity index (χ0v) is 10.1. The molecule has 3 heteroatoms. The summed E-state index contributed by atoms with van der Waals surface area (Å²) in [4.78, 5) is 10.8. The van der Waals surface area contributed by atoms with Gasteiger partial charge in [0.25, 0.3) is 0 Å². The first-order chi connectivity index (χ1) is 7.20. The Morgan fingerprint density at radius 2 is 2.13 bits per heavy atom. The molecule has 15 heavy (non-hydrogen) atoms. The van der Waals surface area contributed by atoms with Crippen LogP contribution in [0.25, 0.3) is 6.08 Å².